The number of methoxy groups -OCH3 is 1. The van der Waals surface area contributed by atoms with Gasteiger partial charge in [0.25, 0.3) is 0 Å². The van der Waals surface area contributed by atoms with Gasteiger partial charge in [-0.1, -0.05) is 0 Å². The minimum Gasteiger partial charge on any atom is -0.380 e. The zero-order chi connectivity index (χ0) is 10.1. The highest BCUT2D eigenvalue weighted by Crippen LogP contribution is 2.18. The van der Waals surface area contributed by atoms with Crippen LogP contribution in [0.2, 0.25) is 0 Å². The number of aromatic nitrogens is 3. The van der Waals surface area contributed by atoms with Gasteiger partial charge in [-0.3, -0.25) is 0 Å². The van der Waals surface area contributed by atoms with Crippen LogP contribution in [0.1, 0.15) is 5.56 Å². The van der Waals surface area contributed by atoms with E-state index in [9.17, 15) is 0 Å². The summed E-state index contributed by atoms with van der Waals surface area (Å²) in [6.45, 7) is 0.591. The third-order valence-electron chi connectivity index (χ3n) is 2.00. The van der Waals surface area contributed by atoms with Crippen LogP contribution in [0.3, 0.4) is 0 Å². The molecule has 2 rings (SSSR count). The normalized spacial score (nSPS) is 11.1. The summed E-state index contributed by atoms with van der Waals surface area (Å²) in [4.78, 5) is 4.34. The zero-order valence-corrected chi connectivity index (χ0v) is 10.1. The molecule has 0 fully saturated rings. The van der Waals surface area contributed by atoms with Crippen LogP contribution in [-0.4, -0.2) is 21.9 Å². The maximum absolute atomic E-state index is 5.05. The van der Waals surface area contributed by atoms with Crippen molar-refractivity contribution in [3.05, 3.63) is 21.5 Å². The summed E-state index contributed by atoms with van der Waals surface area (Å²) in [6, 6.07) is 2.07. The molecule has 0 saturated carbocycles. The summed E-state index contributed by atoms with van der Waals surface area (Å²) in [5.41, 5.74) is 1.99. The Morgan fingerprint density at radius 1 is 1.57 bits per heavy atom. The first-order valence-electron chi connectivity index (χ1n) is 4.18. The Balaban J connectivity index is 2.59. The second-order valence-electron chi connectivity index (χ2n) is 3.06. The fourth-order valence-corrected chi connectivity index (χ4v) is 2.11. The average Bonchev–Trinajstić information content (AvgIpc) is 2.43. The smallest absolute Gasteiger partial charge is 0.158 e. The standard InChI is InChI=1S/C9H10IN3O/c1-13-9-7(8(10)12-13)3-6(4-11-9)5-14-2/h3-4H,5H2,1-2H3. The van der Waals surface area contributed by atoms with Gasteiger partial charge in [-0.2, -0.15) is 5.10 Å². The largest absolute Gasteiger partial charge is 0.380 e. The number of ether oxygens (including phenoxy) is 1. The summed E-state index contributed by atoms with van der Waals surface area (Å²) in [5.74, 6) is 0. The van der Waals surface area contributed by atoms with Crippen LogP contribution < -0.4 is 0 Å². The van der Waals surface area contributed by atoms with E-state index < -0.39 is 0 Å². The van der Waals surface area contributed by atoms with Crippen molar-refractivity contribution in [2.45, 2.75) is 6.61 Å². The molecule has 0 bridgehead atoms. The first-order valence-corrected chi connectivity index (χ1v) is 5.26. The highest BCUT2D eigenvalue weighted by molar-refractivity contribution is 14.1. The van der Waals surface area contributed by atoms with E-state index in [1.165, 1.54) is 0 Å². The molecule has 74 valence electrons. The van der Waals surface area contributed by atoms with Crippen LogP contribution in [-0.2, 0) is 18.4 Å². The van der Waals surface area contributed by atoms with Gasteiger partial charge in [0.15, 0.2) is 5.65 Å². The molecule has 0 amide bonds. The van der Waals surface area contributed by atoms with Gasteiger partial charge in [0, 0.05) is 20.4 Å². The van der Waals surface area contributed by atoms with E-state index in [4.69, 9.17) is 4.74 Å². The van der Waals surface area contributed by atoms with E-state index in [1.807, 2.05) is 13.2 Å². The first-order chi connectivity index (χ1) is 6.72. The highest BCUT2D eigenvalue weighted by atomic mass is 127. The molecule has 2 heterocycles. The fraction of sp³-hybridized carbons (Fsp3) is 0.333. The van der Waals surface area contributed by atoms with Gasteiger partial charge in [-0.05, 0) is 34.2 Å². The SMILES string of the molecule is COCc1cnc2c(c1)c(I)nn2C. The van der Waals surface area contributed by atoms with E-state index in [0.717, 1.165) is 20.3 Å². The summed E-state index contributed by atoms with van der Waals surface area (Å²) < 4.78 is 7.82. The van der Waals surface area contributed by atoms with Crippen molar-refractivity contribution in [2.75, 3.05) is 7.11 Å². The van der Waals surface area contributed by atoms with Crippen LogP contribution in [0.5, 0.6) is 0 Å². The zero-order valence-electron chi connectivity index (χ0n) is 7.99. The number of nitrogens with zero attached hydrogens (tertiary/aromatic N) is 3. The number of halogens is 1. The molecule has 0 N–H and O–H groups in total. The van der Waals surface area contributed by atoms with Gasteiger partial charge in [0.1, 0.15) is 3.70 Å². The molecule has 0 aliphatic heterocycles. The van der Waals surface area contributed by atoms with Gasteiger partial charge >= 0.3 is 0 Å². The molecule has 0 aliphatic carbocycles. The number of rotatable bonds is 2. The molecular weight excluding hydrogens is 293 g/mol. The van der Waals surface area contributed by atoms with E-state index in [0.29, 0.717) is 6.61 Å². The summed E-state index contributed by atoms with van der Waals surface area (Å²) in [6.07, 6.45) is 1.82. The molecule has 0 saturated heterocycles. The monoisotopic (exact) mass is 303 g/mol. The second kappa shape index (κ2) is 3.82. The molecule has 5 heteroatoms. The molecule has 0 aliphatic rings. The lowest BCUT2D eigenvalue weighted by Crippen LogP contribution is -1.93. The third-order valence-corrected chi connectivity index (χ3v) is 2.80. The maximum atomic E-state index is 5.05. The molecule has 2 aromatic heterocycles. The molecule has 0 radical (unpaired) electrons. The molecule has 0 aromatic carbocycles. The average molecular weight is 303 g/mol. The number of fused-ring (bicyclic) bond motifs is 1. The van der Waals surface area contributed by atoms with Crippen LogP contribution in [0, 0.1) is 3.70 Å². The molecule has 0 unspecified atom stereocenters. The Labute approximate surface area is 95.4 Å². The van der Waals surface area contributed by atoms with Crippen LogP contribution in [0.25, 0.3) is 11.0 Å². The topological polar surface area (TPSA) is 39.9 Å². The van der Waals surface area contributed by atoms with Gasteiger partial charge < -0.3 is 4.74 Å². The quantitative estimate of drug-likeness (QED) is 0.793. The van der Waals surface area contributed by atoms with Crippen molar-refractivity contribution < 1.29 is 4.74 Å². The van der Waals surface area contributed by atoms with Crippen LogP contribution in [0.15, 0.2) is 12.3 Å². The van der Waals surface area contributed by atoms with E-state index in [1.54, 1.807) is 11.8 Å². The highest BCUT2D eigenvalue weighted by Gasteiger charge is 2.07. The van der Waals surface area contributed by atoms with Crippen molar-refractivity contribution in [3.63, 3.8) is 0 Å². The Morgan fingerprint density at radius 2 is 2.36 bits per heavy atom. The Kier molecular flexibility index (Phi) is 2.69. The number of aryl methyl sites for hydroxylation is 1. The van der Waals surface area contributed by atoms with E-state index >= 15 is 0 Å². The van der Waals surface area contributed by atoms with Gasteiger partial charge in [-0.25, -0.2) is 9.67 Å². The molecular formula is C9H10IN3O. The molecule has 4 nitrogen and oxygen atoms in total. The lowest BCUT2D eigenvalue weighted by molar-refractivity contribution is 0.184. The molecule has 14 heavy (non-hydrogen) atoms. The summed E-state index contributed by atoms with van der Waals surface area (Å²) in [7, 11) is 3.58. The van der Waals surface area contributed by atoms with Gasteiger partial charge in [0.05, 0.1) is 12.0 Å². The predicted octanol–water partition coefficient (Wildman–Crippen LogP) is 1.72. The van der Waals surface area contributed by atoms with Crippen molar-refractivity contribution in [3.8, 4) is 0 Å². The van der Waals surface area contributed by atoms with Crippen LogP contribution in [0.4, 0.5) is 0 Å². The second-order valence-corrected chi connectivity index (χ2v) is 4.08. The first kappa shape index (κ1) is 9.85. The Hall–Kier alpha value is -0.690. The fourth-order valence-electron chi connectivity index (χ4n) is 1.39. The van der Waals surface area contributed by atoms with Crippen molar-refractivity contribution in [1.29, 1.82) is 0 Å². The van der Waals surface area contributed by atoms with Crippen LogP contribution >= 0.6 is 22.6 Å². The number of hydrogen-bond donors (Lipinski definition) is 0. The predicted molar refractivity (Wildman–Crippen MR) is 61.9 cm³/mol. The minimum atomic E-state index is 0.591. The minimum absolute atomic E-state index is 0.591. The maximum Gasteiger partial charge on any atom is 0.158 e. The number of pyridine rings is 1. The summed E-state index contributed by atoms with van der Waals surface area (Å²) in [5, 5.41) is 5.38. The van der Waals surface area contributed by atoms with E-state index in [-0.39, 0.29) is 0 Å². The molecule has 2 aromatic rings. The van der Waals surface area contributed by atoms with E-state index in [2.05, 4.69) is 38.7 Å². The number of hydrogen-bond acceptors (Lipinski definition) is 3. The Morgan fingerprint density at radius 3 is 3.07 bits per heavy atom. The lowest BCUT2D eigenvalue weighted by Gasteiger charge is -1.98. The van der Waals surface area contributed by atoms with Gasteiger partial charge in [0.2, 0.25) is 0 Å². The molecule has 0 spiro atoms. The summed E-state index contributed by atoms with van der Waals surface area (Å²) >= 11 is 2.21. The molecule has 0 atom stereocenters. The third kappa shape index (κ3) is 1.61. The Bertz CT molecular complexity index is 466. The van der Waals surface area contributed by atoms with Gasteiger partial charge in [-0.15, -0.1) is 0 Å². The van der Waals surface area contributed by atoms with Crippen molar-refractivity contribution >= 4 is 33.6 Å². The van der Waals surface area contributed by atoms with Crippen molar-refractivity contribution in [1.82, 2.24) is 14.8 Å². The van der Waals surface area contributed by atoms with Crippen molar-refractivity contribution in [2.24, 2.45) is 7.05 Å². The lowest BCUT2D eigenvalue weighted by atomic mass is 10.2.